The first-order valence-electron chi connectivity index (χ1n) is 8.04. The molecule has 1 aromatic carbocycles. The number of hydrogen-bond acceptors (Lipinski definition) is 5. The fourth-order valence-electron chi connectivity index (χ4n) is 2.54. The number of imidazole rings is 1. The molecule has 26 heavy (non-hydrogen) atoms. The Balaban J connectivity index is 2.00. The molecule has 1 N–H and O–H groups in total. The fraction of sp³-hybridized carbons (Fsp3) is 0.222. The summed E-state index contributed by atoms with van der Waals surface area (Å²) in [5, 5.41) is 0.522. The highest BCUT2D eigenvalue weighted by Crippen LogP contribution is 2.22. The van der Waals surface area contributed by atoms with E-state index in [0.29, 0.717) is 28.4 Å². The van der Waals surface area contributed by atoms with Crippen molar-refractivity contribution in [1.82, 2.24) is 19.1 Å². The van der Waals surface area contributed by atoms with Crippen LogP contribution in [0.4, 0.5) is 0 Å². The van der Waals surface area contributed by atoms with Gasteiger partial charge < -0.3 is 4.57 Å². The second-order valence-corrected chi connectivity index (χ2v) is 6.58. The molecule has 0 aliphatic heterocycles. The molecule has 0 saturated heterocycles. The van der Waals surface area contributed by atoms with Crippen molar-refractivity contribution in [3.8, 4) is 0 Å². The van der Waals surface area contributed by atoms with E-state index >= 15 is 0 Å². The van der Waals surface area contributed by atoms with Gasteiger partial charge in [-0.2, -0.15) is 0 Å². The normalized spacial score (nSPS) is 11.5. The standard InChI is InChI=1S/C18H18N4O3S/c1-3-4-10-22-14-15(21(2)17(25)20-16(14)24)19-18(22)26-11-13(23)12-8-6-5-7-9-12/h3-9H,10-11H2,1-2H3,(H,20,24,25)/b4-3-. The zero-order valence-corrected chi connectivity index (χ0v) is 15.2. The van der Waals surface area contributed by atoms with Gasteiger partial charge in [-0.05, 0) is 6.92 Å². The molecule has 134 valence electrons. The van der Waals surface area contributed by atoms with Crippen molar-refractivity contribution in [3.05, 3.63) is 68.9 Å². The lowest BCUT2D eigenvalue weighted by atomic mass is 10.2. The third-order valence-electron chi connectivity index (χ3n) is 3.92. The van der Waals surface area contributed by atoms with Crippen molar-refractivity contribution in [2.45, 2.75) is 18.6 Å². The molecule has 7 nitrogen and oxygen atoms in total. The number of nitrogens with one attached hydrogen (secondary N) is 1. The molecule has 0 saturated carbocycles. The van der Waals surface area contributed by atoms with Crippen LogP contribution in [-0.2, 0) is 13.6 Å². The topological polar surface area (TPSA) is 89.8 Å². The highest BCUT2D eigenvalue weighted by atomic mass is 32.2. The molecule has 2 aromatic heterocycles. The summed E-state index contributed by atoms with van der Waals surface area (Å²) in [4.78, 5) is 43.2. The average Bonchev–Trinajstić information content (AvgIpc) is 3.02. The van der Waals surface area contributed by atoms with E-state index in [0.717, 1.165) is 0 Å². The predicted molar refractivity (Wildman–Crippen MR) is 102 cm³/mol. The zero-order valence-electron chi connectivity index (χ0n) is 14.4. The van der Waals surface area contributed by atoms with E-state index in [-0.39, 0.29) is 11.5 Å². The summed E-state index contributed by atoms with van der Waals surface area (Å²) >= 11 is 1.25. The third-order valence-corrected chi connectivity index (χ3v) is 4.90. The SMILES string of the molecule is C/C=C\Cn1c(SCC(=O)c2ccccc2)nc2c1c(=O)[nH]c(=O)n2C. The smallest absolute Gasteiger partial charge is 0.309 e. The summed E-state index contributed by atoms with van der Waals surface area (Å²) in [7, 11) is 1.55. The molecule has 8 heteroatoms. The molecular formula is C18H18N4O3S. The van der Waals surface area contributed by atoms with Crippen molar-refractivity contribution in [1.29, 1.82) is 0 Å². The summed E-state index contributed by atoms with van der Waals surface area (Å²) in [6.45, 7) is 2.31. The van der Waals surface area contributed by atoms with Gasteiger partial charge in [0, 0.05) is 19.2 Å². The molecule has 3 rings (SSSR count). The summed E-state index contributed by atoms with van der Waals surface area (Å²) < 4.78 is 3.02. The quantitative estimate of drug-likeness (QED) is 0.407. The average molecular weight is 370 g/mol. The Kier molecular flexibility index (Phi) is 5.22. The summed E-state index contributed by atoms with van der Waals surface area (Å²) in [6, 6.07) is 9.01. The lowest BCUT2D eigenvalue weighted by molar-refractivity contribution is 0.102. The Morgan fingerprint density at radius 3 is 2.69 bits per heavy atom. The Bertz CT molecular complexity index is 1090. The number of allylic oxidation sites excluding steroid dienone is 2. The van der Waals surface area contributed by atoms with E-state index in [1.165, 1.54) is 16.3 Å². The Hall–Kier alpha value is -2.87. The lowest BCUT2D eigenvalue weighted by Crippen LogP contribution is -2.29. The molecule has 2 heterocycles. The van der Waals surface area contributed by atoms with Crippen LogP contribution in [0.15, 0.2) is 57.2 Å². The Morgan fingerprint density at radius 2 is 2.00 bits per heavy atom. The molecular weight excluding hydrogens is 352 g/mol. The number of rotatable bonds is 6. The zero-order chi connectivity index (χ0) is 18.7. The summed E-state index contributed by atoms with van der Waals surface area (Å²) in [6.07, 6.45) is 3.75. The van der Waals surface area contributed by atoms with Crippen LogP contribution in [0, 0.1) is 0 Å². The highest BCUT2D eigenvalue weighted by molar-refractivity contribution is 7.99. The van der Waals surface area contributed by atoms with Gasteiger partial charge in [0.15, 0.2) is 22.1 Å². The van der Waals surface area contributed by atoms with Crippen LogP contribution >= 0.6 is 11.8 Å². The van der Waals surface area contributed by atoms with Crippen LogP contribution in [0.3, 0.4) is 0 Å². The summed E-state index contributed by atoms with van der Waals surface area (Å²) in [5.41, 5.74) is 0.246. The lowest BCUT2D eigenvalue weighted by Gasteiger charge is -2.05. The minimum atomic E-state index is -0.518. The van der Waals surface area contributed by atoms with Crippen molar-refractivity contribution in [3.63, 3.8) is 0 Å². The van der Waals surface area contributed by atoms with E-state index in [1.807, 2.05) is 37.3 Å². The van der Waals surface area contributed by atoms with E-state index in [9.17, 15) is 14.4 Å². The van der Waals surface area contributed by atoms with Gasteiger partial charge in [0.2, 0.25) is 0 Å². The molecule has 0 bridgehead atoms. The van der Waals surface area contributed by atoms with Crippen molar-refractivity contribution in [2.75, 3.05) is 5.75 Å². The monoisotopic (exact) mass is 370 g/mol. The van der Waals surface area contributed by atoms with Gasteiger partial charge in [-0.15, -0.1) is 0 Å². The number of carbonyl (C=O) groups excluding carboxylic acids is 1. The first-order chi connectivity index (χ1) is 12.5. The van der Waals surface area contributed by atoms with Crippen molar-refractivity contribution in [2.24, 2.45) is 7.05 Å². The van der Waals surface area contributed by atoms with Crippen LogP contribution in [0.25, 0.3) is 11.2 Å². The molecule has 0 fully saturated rings. The molecule has 0 unspecified atom stereocenters. The van der Waals surface area contributed by atoms with E-state index in [1.54, 1.807) is 23.7 Å². The molecule has 0 atom stereocenters. The number of aromatic nitrogens is 4. The van der Waals surface area contributed by atoms with Crippen LogP contribution in [0.1, 0.15) is 17.3 Å². The molecule has 3 aromatic rings. The first kappa shape index (κ1) is 17.9. The number of ketones is 1. The number of fused-ring (bicyclic) bond motifs is 1. The van der Waals surface area contributed by atoms with E-state index in [4.69, 9.17) is 0 Å². The number of H-pyrrole nitrogens is 1. The van der Waals surface area contributed by atoms with Gasteiger partial charge in [-0.1, -0.05) is 54.2 Å². The number of aromatic amines is 1. The summed E-state index contributed by atoms with van der Waals surface area (Å²) in [5.74, 6) is 0.165. The van der Waals surface area contributed by atoms with Gasteiger partial charge in [-0.25, -0.2) is 9.78 Å². The fourth-order valence-corrected chi connectivity index (χ4v) is 3.44. The number of nitrogens with zero attached hydrogens (tertiary/aromatic N) is 3. The second-order valence-electron chi connectivity index (χ2n) is 5.64. The molecule has 0 aliphatic carbocycles. The number of benzene rings is 1. The van der Waals surface area contributed by atoms with E-state index in [2.05, 4.69) is 9.97 Å². The molecule has 0 spiro atoms. The van der Waals surface area contributed by atoms with Crippen LogP contribution < -0.4 is 11.2 Å². The minimum absolute atomic E-state index is 0.0250. The van der Waals surface area contributed by atoms with Crippen LogP contribution in [-0.4, -0.2) is 30.6 Å². The van der Waals surface area contributed by atoms with Crippen LogP contribution in [0.2, 0.25) is 0 Å². The van der Waals surface area contributed by atoms with Gasteiger partial charge >= 0.3 is 5.69 Å². The van der Waals surface area contributed by atoms with Gasteiger partial charge in [0.25, 0.3) is 5.56 Å². The first-order valence-corrected chi connectivity index (χ1v) is 9.03. The second kappa shape index (κ2) is 7.57. The number of aryl methyl sites for hydroxylation is 1. The highest BCUT2D eigenvalue weighted by Gasteiger charge is 2.18. The van der Waals surface area contributed by atoms with E-state index < -0.39 is 11.2 Å². The maximum absolute atomic E-state index is 12.4. The maximum atomic E-state index is 12.4. The number of hydrogen-bond donors (Lipinski definition) is 1. The van der Waals surface area contributed by atoms with Gasteiger partial charge in [0.1, 0.15) is 0 Å². The minimum Gasteiger partial charge on any atom is -0.309 e. The maximum Gasteiger partial charge on any atom is 0.329 e. The third kappa shape index (κ3) is 3.41. The number of Topliss-reactive ketones (excluding diaryl/α,β-unsaturated/α-hetero) is 1. The largest absolute Gasteiger partial charge is 0.329 e. The molecule has 0 aliphatic rings. The Morgan fingerprint density at radius 1 is 1.27 bits per heavy atom. The van der Waals surface area contributed by atoms with Gasteiger partial charge in [-0.3, -0.25) is 19.1 Å². The number of carbonyl (C=O) groups is 1. The number of thioether (sulfide) groups is 1. The Labute approximate surface area is 153 Å². The van der Waals surface area contributed by atoms with Gasteiger partial charge in [0.05, 0.1) is 5.75 Å². The van der Waals surface area contributed by atoms with Crippen molar-refractivity contribution < 1.29 is 4.79 Å². The molecule has 0 amide bonds. The predicted octanol–water partition coefficient (Wildman–Crippen LogP) is 1.97. The van der Waals surface area contributed by atoms with Crippen molar-refractivity contribution >= 4 is 28.7 Å². The molecule has 0 radical (unpaired) electrons. The van der Waals surface area contributed by atoms with Crippen LogP contribution in [0.5, 0.6) is 0 Å².